The minimum absolute atomic E-state index is 0.322. The van der Waals surface area contributed by atoms with Crippen LogP contribution in [0.4, 0.5) is 0 Å². The van der Waals surface area contributed by atoms with Gasteiger partial charge in [-0.05, 0) is 109 Å². The van der Waals surface area contributed by atoms with Gasteiger partial charge in [0.2, 0.25) is 0 Å². The van der Waals surface area contributed by atoms with Gasteiger partial charge in [0.25, 0.3) is 0 Å². The van der Waals surface area contributed by atoms with Gasteiger partial charge in [-0.25, -0.2) is 0 Å². The van der Waals surface area contributed by atoms with Crippen LogP contribution in [-0.2, 0) is 14.2 Å². The number of aryl methyl sites for hydroxylation is 2. The van der Waals surface area contributed by atoms with E-state index < -0.39 is 0 Å². The highest BCUT2D eigenvalue weighted by molar-refractivity contribution is 5.35. The molecule has 0 amide bonds. The summed E-state index contributed by atoms with van der Waals surface area (Å²) in [6, 6.07) is 70.1. The van der Waals surface area contributed by atoms with Crippen LogP contribution in [-0.4, -0.2) is 78.4 Å². The second-order valence-corrected chi connectivity index (χ2v) is 19.3. The topological polar surface area (TPSA) is 146 Å². The Morgan fingerprint density at radius 2 is 0.605 bits per heavy atom. The largest absolute Gasteiger partial charge is 0.508 e. The molecule has 0 saturated carbocycles. The van der Waals surface area contributed by atoms with E-state index in [4.69, 9.17) is 38.6 Å². The smallest absolute Gasteiger partial charge is 0.122 e. The molecule has 4 N–H and O–H groups in total. The zero-order valence-electron chi connectivity index (χ0n) is 49.6. The molecule has 0 bridgehead atoms. The first-order valence-electron chi connectivity index (χ1n) is 28.2. The minimum atomic E-state index is 0.322. The summed E-state index contributed by atoms with van der Waals surface area (Å²) in [6.07, 6.45) is 3.52. The minimum Gasteiger partial charge on any atom is -0.508 e. The van der Waals surface area contributed by atoms with Gasteiger partial charge in [0.15, 0.2) is 0 Å². The Morgan fingerprint density at radius 3 is 0.852 bits per heavy atom. The Labute approximate surface area is 485 Å². The number of phenolic OH excluding ortho intramolecular Hbond substituents is 4. The van der Waals surface area contributed by atoms with Gasteiger partial charge in [0, 0.05) is 0 Å². The van der Waals surface area contributed by atoms with Crippen molar-refractivity contribution in [2.45, 2.75) is 112 Å². The third-order valence-electron chi connectivity index (χ3n) is 10.7. The molecule has 8 aromatic rings. The number of benzene rings is 8. The predicted molar refractivity (Wildman–Crippen MR) is 333 cm³/mol. The first kappa shape index (κ1) is 69.3. The van der Waals surface area contributed by atoms with Crippen LogP contribution in [0.3, 0.4) is 0 Å². The molecular weight excluding hydrogens is 1010 g/mol. The van der Waals surface area contributed by atoms with Crippen LogP contribution in [0.1, 0.15) is 102 Å². The third kappa shape index (κ3) is 36.9. The van der Waals surface area contributed by atoms with Crippen LogP contribution in [0.5, 0.6) is 40.2 Å². The Bertz CT molecular complexity index is 2520. The van der Waals surface area contributed by atoms with E-state index >= 15 is 0 Å². The van der Waals surface area contributed by atoms with Gasteiger partial charge >= 0.3 is 0 Å². The van der Waals surface area contributed by atoms with Crippen molar-refractivity contribution >= 4 is 0 Å². The maximum absolute atomic E-state index is 9.28. The molecule has 3 saturated heterocycles. The van der Waals surface area contributed by atoms with E-state index in [9.17, 15) is 10.2 Å². The Hall–Kier alpha value is -7.76. The number of hydrogen-bond donors (Lipinski definition) is 4. The molecule has 3 fully saturated rings. The zero-order chi connectivity index (χ0) is 59.3. The normalized spacial score (nSPS) is 14.0. The van der Waals surface area contributed by atoms with Crippen molar-refractivity contribution in [2.24, 2.45) is 0 Å². The van der Waals surface area contributed by atoms with Crippen molar-refractivity contribution < 1.29 is 48.8 Å². The second kappa shape index (κ2) is 44.0. The second-order valence-electron chi connectivity index (χ2n) is 19.3. The summed E-state index contributed by atoms with van der Waals surface area (Å²) < 4.78 is 31.6. The highest BCUT2D eigenvalue weighted by Gasteiger charge is 2.24. The lowest BCUT2D eigenvalue weighted by molar-refractivity contribution is 0.262. The summed E-state index contributed by atoms with van der Waals surface area (Å²) in [6.45, 7) is 25.5. The number of ether oxygens (including phenoxy) is 6. The van der Waals surface area contributed by atoms with Gasteiger partial charge in [0.05, 0.1) is 19.8 Å². The molecule has 11 rings (SSSR count). The summed E-state index contributed by atoms with van der Waals surface area (Å²) in [5, 5.41) is 35.8. The lowest BCUT2D eigenvalue weighted by Crippen LogP contribution is -2.04. The third-order valence-corrected chi connectivity index (χ3v) is 10.7. The molecule has 10 nitrogen and oxygen atoms in total. The van der Waals surface area contributed by atoms with Gasteiger partial charge in [-0.1, -0.05) is 232 Å². The average Bonchev–Trinajstić information content (AvgIpc) is 4.32. The van der Waals surface area contributed by atoms with Gasteiger partial charge in [-0.3, -0.25) is 0 Å². The molecule has 10 heteroatoms. The van der Waals surface area contributed by atoms with Crippen LogP contribution >= 0.6 is 0 Å². The molecule has 3 aliphatic heterocycles. The van der Waals surface area contributed by atoms with Gasteiger partial charge < -0.3 is 48.8 Å². The van der Waals surface area contributed by atoms with Crippen molar-refractivity contribution in [1.82, 2.24) is 0 Å². The summed E-state index contributed by atoms with van der Waals surface area (Å²) in [5.41, 5.74) is 4.39. The molecule has 0 aliphatic carbocycles. The molecule has 3 atom stereocenters. The summed E-state index contributed by atoms with van der Waals surface area (Å²) in [7, 11) is 0. The molecule has 81 heavy (non-hydrogen) atoms. The Morgan fingerprint density at radius 1 is 0.358 bits per heavy atom. The van der Waals surface area contributed by atoms with E-state index in [1.54, 1.807) is 60.7 Å². The predicted octanol–water partition coefficient (Wildman–Crippen LogP) is 17.3. The highest BCUT2D eigenvalue weighted by Crippen LogP contribution is 2.25. The number of epoxide rings is 3. The first-order valence-corrected chi connectivity index (χ1v) is 28.2. The number of aromatic hydroxyl groups is 4. The summed E-state index contributed by atoms with van der Waals surface area (Å²) >= 11 is 0. The fourth-order valence-corrected chi connectivity index (χ4v) is 6.19. The van der Waals surface area contributed by atoms with Gasteiger partial charge in [-0.15, -0.1) is 0 Å². The zero-order valence-corrected chi connectivity index (χ0v) is 49.6. The number of hydrogen-bond acceptors (Lipinski definition) is 10. The van der Waals surface area contributed by atoms with Gasteiger partial charge in [-0.2, -0.15) is 0 Å². The fourth-order valence-electron chi connectivity index (χ4n) is 6.19. The van der Waals surface area contributed by atoms with Crippen molar-refractivity contribution in [3.8, 4) is 40.2 Å². The monoisotopic (exact) mass is 1100 g/mol. The summed E-state index contributed by atoms with van der Waals surface area (Å²) in [5.74, 6) is 5.10. The number of phenols is 4. The van der Waals surface area contributed by atoms with Crippen LogP contribution < -0.4 is 14.2 Å². The molecule has 0 aromatic heterocycles. The number of para-hydroxylation sites is 7. The van der Waals surface area contributed by atoms with Crippen molar-refractivity contribution in [3.63, 3.8) is 0 Å². The molecule has 0 radical (unpaired) electrons. The summed E-state index contributed by atoms with van der Waals surface area (Å²) in [4.78, 5) is 0. The Kier molecular flexibility index (Phi) is 37.7. The van der Waals surface area contributed by atoms with Crippen molar-refractivity contribution in [1.29, 1.82) is 0 Å². The molecule has 8 aromatic carbocycles. The molecule has 436 valence electrons. The first-order chi connectivity index (χ1) is 39.2. The van der Waals surface area contributed by atoms with E-state index in [2.05, 4.69) is 55.4 Å². The highest BCUT2D eigenvalue weighted by atomic mass is 16.6. The van der Waals surface area contributed by atoms with Crippen molar-refractivity contribution in [3.05, 3.63) is 247 Å². The Balaban J connectivity index is 0.000000314. The standard InChI is InChI=1S/2C10H12O2.C9H10O2.2C9H12O.2C6H6O.C6H6.2C3H8/c2*1-8-4-2-3-5-10(8)12-7-9-6-11-9;1-2-4-8(5-3-1)10-6-9-7-11-9;2*1-7(2)8-5-3-4-6-9(8)10;2*7-6-4-2-1-3-5-6;1-2-4-6-5-3-1;2*1-3-2/h2*2-5,9H,6-7H2,1H3;1-5,9H,6-7H2;2*3-7,10H,1-2H3;2*1-5,7H;1-6H;2*3H2,1-2H3. The molecule has 3 unspecified atom stereocenters. The lowest BCUT2D eigenvalue weighted by Gasteiger charge is -2.06. The van der Waals surface area contributed by atoms with Crippen LogP contribution in [0.2, 0.25) is 0 Å². The lowest BCUT2D eigenvalue weighted by atomic mass is 10.0. The van der Waals surface area contributed by atoms with Crippen LogP contribution in [0.15, 0.2) is 224 Å². The van der Waals surface area contributed by atoms with Crippen LogP contribution in [0.25, 0.3) is 0 Å². The van der Waals surface area contributed by atoms with Gasteiger partial charge in [0.1, 0.15) is 78.4 Å². The van der Waals surface area contributed by atoms with E-state index in [0.29, 0.717) is 73.0 Å². The fraction of sp³-hybridized carbons (Fsp3) is 0.324. The average molecular weight is 1110 g/mol. The van der Waals surface area contributed by atoms with E-state index in [1.807, 2.05) is 178 Å². The molecule has 0 spiro atoms. The molecule has 3 aliphatic rings. The number of rotatable bonds is 11. The van der Waals surface area contributed by atoms with E-state index in [0.717, 1.165) is 48.2 Å². The molecule has 3 heterocycles. The van der Waals surface area contributed by atoms with E-state index in [-0.39, 0.29) is 0 Å². The molecular formula is C71H92O10. The maximum atomic E-state index is 9.28. The van der Waals surface area contributed by atoms with Crippen LogP contribution in [0, 0.1) is 13.8 Å². The SMILES string of the molecule is CC(C)c1ccccc1O.CC(C)c1ccccc1O.CCC.CCC.Cc1ccccc1OCC1CO1.Cc1ccccc1OCC1CO1.Oc1ccccc1.Oc1ccccc1.c1ccc(OCC2CO2)cc1.c1ccccc1. The van der Waals surface area contributed by atoms with Crippen molar-refractivity contribution in [2.75, 3.05) is 39.6 Å². The van der Waals surface area contributed by atoms with E-state index in [1.165, 1.54) is 24.0 Å². The maximum Gasteiger partial charge on any atom is 0.122 e. The quantitative estimate of drug-likeness (QED) is 0.0923.